The molecule has 2 aliphatic heterocycles. The van der Waals surface area contributed by atoms with Gasteiger partial charge in [-0.05, 0) is 36.1 Å². The Morgan fingerprint density at radius 3 is 2.46 bits per heavy atom. The smallest absolute Gasteiger partial charge is 0.409 e. The Kier molecular flexibility index (Phi) is 15.1. The van der Waals surface area contributed by atoms with E-state index in [0.29, 0.717) is 35.5 Å². The third-order valence-electron chi connectivity index (χ3n) is 9.68. The van der Waals surface area contributed by atoms with Gasteiger partial charge >= 0.3 is 24.2 Å². The maximum Gasteiger partial charge on any atom is 0.409 e. The average molecular weight is 783 g/mol. The number of hydrogen-bond acceptors (Lipinski definition) is 15. The van der Waals surface area contributed by atoms with E-state index in [1.165, 1.54) is 27.8 Å². The Morgan fingerprint density at radius 2 is 1.77 bits per heavy atom. The van der Waals surface area contributed by atoms with Crippen LogP contribution in [0.25, 0.3) is 15.9 Å². The molecule has 3 aromatic rings. The van der Waals surface area contributed by atoms with Gasteiger partial charge in [-0.3, -0.25) is 9.36 Å². The molecular formula is C36H46N8O12. The lowest BCUT2D eigenvalue weighted by molar-refractivity contribution is -0.242. The number of fused-ring (bicyclic) bond motifs is 1. The number of aliphatic hydroxyl groups excluding tert-OH is 3. The second-order valence-corrected chi connectivity index (χ2v) is 13.3. The first-order valence-electron chi connectivity index (χ1n) is 17.5. The van der Waals surface area contributed by atoms with Gasteiger partial charge in [0.05, 0.1) is 25.1 Å². The second kappa shape index (κ2) is 19.7. The van der Waals surface area contributed by atoms with Gasteiger partial charge in [-0.15, -0.1) is 0 Å². The largest absolute Gasteiger partial charge is 0.493 e. The van der Waals surface area contributed by atoms with Gasteiger partial charge in [0, 0.05) is 53.5 Å². The highest BCUT2D eigenvalue weighted by Crippen LogP contribution is 2.32. The number of hydrogen-bond donors (Lipinski definition) is 3. The molecule has 4 heterocycles. The number of benzene rings is 1. The van der Waals surface area contributed by atoms with E-state index in [4.69, 9.17) is 35.1 Å². The zero-order valence-electron chi connectivity index (χ0n) is 31.7. The number of aliphatic hydroxyl groups is 3. The van der Waals surface area contributed by atoms with E-state index in [2.05, 4.69) is 21.7 Å². The van der Waals surface area contributed by atoms with Crippen molar-refractivity contribution < 1.29 is 58.2 Å². The molecule has 0 spiro atoms. The fourth-order valence-corrected chi connectivity index (χ4v) is 6.31. The first-order valence-corrected chi connectivity index (χ1v) is 17.5. The van der Waals surface area contributed by atoms with Gasteiger partial charge in [0.2, 0.25) is 6.29 Å². The van der Waals surface area contributed by atoms with Crippen LogP contribution in [0.1, 0.15) is 18.9 Å². The number of anilines is 1. The fraction of sp³-hybridized carbons (Fsp3) is 0.528. The lowest BCUT2D eigenvalue weighted by Gasteiger charge is -2.41. The summed E-state index contributed by atoms with van der Waals surface area (Å²) in [7, 11) is 6.50. The van der Waals surface area contributed by atoms with Crippen LogP contribution in [-0.2, 0) is 30.5 Å². The molecule has 5 rings (SSSR count). The standard InChI is InChI=1S/C35H46N8O10.CO2/c1-21-9-11-42(28(45)16-36-2)17-24(21)41(5)31-23-10-12-43(32(23)38-20-37-31)34(48)39(3)13-14-40(4)35(49)52-18-22-7-8-26(27(15-22)50-6)53-33-30(47)29(46)25(44)19-51-33;2-1-3/h7-8,10,12,15,20-21,24-25,29-30,33,44,46-47H,9,11,13-14,16-19H2,1,3-6H3;/t21-,24+,25-,29+,30-,33+;/m1./s1. The molecule has 302 valence electrons. The minimum absolute atomic E-state index is 0.0484. The number of carbonyl (C=O) groups is 3. The molecule has 6 atom stereocenters. The van der Waals surface area contributed by atoms with Crippen LogP contribution in [0.5, 0.6) is 11.5 Å². The highest BCUT2D eigenvalue weighted by atomic mass is 16.7. The number of ether oxygens (including phenoxy) is 4. The van der Waals surface area contributed by atoms with E-state index < -0.39 is 30.7 Å². The number of methoxy groups -OCH3 is 1. The van der Waals surface area contributed by atoms with Crippen molar-refractivity contribution in [2.75, 3.05) is 72.5 Å². The van der Waals surface area contributed by atoms with Crippen molar-refractivity contribution in [3.8, 4) is 11.5 Å². The van der Waals surface area contributed by atoms with Gasteiger partial charge in [-0.25, -0.2) is 26.1 Å². The summed E-state index contributed by atoms with van der Waals surface area (Å²) in [6.45, 7) is 10.1. The van der Waals surface area contributed by atoms with E-state index in [-0.39, 0.29) is 74.4 Å². The molecule has 3 N–H and O–H groups in total. The predicted octanol–water partition coefficient (Wildman–Crippen LogP) is 0.435. The number of rotatable bonds is 11. The third kappa shape index (κ3) is 10.1. The Balaban J connectivity index is 0.00000225. The molecule has 0 unspecified atom stereocenters. The van der Waals surface area contributed by atoms with E-state index in [1.807, 2.05) is 11.9 Å². The molecule has 56 heavy (non-hydrogen) atoms. The van der Waals surface area contributed by atoms with Crippen LogP contribution in [0, 0.1) is 12.5 Å². The second-order valence-electron chi connectivity index (χ2n) is 13.3. The lowest BCUT2D eigenvalue weighted by Crippen LogP contribution is -2.54. The maximum absolute atomic E-state index is 13.5. The van der Waals surface area contributed by atoms with Gasteiger partial charge in [0.25, 0.3) is 6.54 Å². The van der Waals surface area contributed by atoms with Crippen LogP contribution in [0.4, 0.5) is 15.4 Å². The number of likely N-dealkylation sites (N-methyl/N-ethyl adjacent to an activating group) is 3. The van der Waals surface area contributed by atoms with Crippen molar-refractivity contribution in [2.45, 2.75) is 50.6 Å². The van der Waals surface area contributed by atoms with Crippen molar-refractivity contribution in [3.63, 3.8) is 0 Å². The molecule has 2 aromatic heterocycles. The molecule has 1 aromatic carbocycles. The first-order chi connectivity index (χ1) is 26.8. The number of piperidine rings is 1. The minimum atomic E-state index is -1.48. The molecule has 2 fully saturated rings. The van der Waals surface area contributed by atoms with Gasteiger partial charge < -0.3 is 58.7 Å². The first kappa shape index (κ1) is 42.9. The zero-order valence-corrected chi connectivity index (χ0v) is 31.7. The SMILES string of the molecule is O=C=O.[C-]#[N+]CC(=O)N1CC[C@@H](C)[C@@H](N(C)c2ncnc3c2ccn3C(=O)N(C)CCN(C)C(=O)OCc2ccc(O[C@@H]3OC[C@@H](O)[C@H](O)[C@H]3O)c(OC)c2)C1. The Morgan fingerprint density at radius 1 is 1.05 bits per heavy atom. The number of likely N-dealkylation sites (tertiary alicyclic amines) is 1. The number of aromatic nitrogens is 3. The molecule has 20 heteroatoms. The van der Waals surface area contributed by atoms with E-state index in [0.717, 1.165) is 6.42 Å². The molecule has 0 aliphatic carbocycles. The summed E-state index contributed by atoms with van der Waals surface area (Å²) in [5, 5.41) is 30.4. The lowest BCUT2D eigenvalue weighted by atomic mass is 9.92. The Bertz CT molecular complexity index is 1910. The summed E-state index contributed by atoms with van der Waals surface area (Å²) in [6, 6.07) is 6.14. The van der Waals surface area contributed by atoms with Gasteiger partial charge in [0.15, 0.2) is 17.1 Å². The van der Waals surface area contributed by atoms with Gasteiger partial charge in [-0.1, -0.05) is 13.0 Å². The molecule has 0 bridgehead atoms. The average Bonchev–Trinajstić information content (AvgIpc) is 3.64. The maximum atomic E-state index is 13.5. The summed E-state index contributed by atoms with van der Waals surface area (Å²) < 4.78 is 23.2. The zero-order chi connectivity index (χ0) is 41.1. The molecule has 3 amide bonds. The van der Waals surface area contributed by atoms with Crippen LogP contribution < -0.4 is 14.4 Å². The predicted molar refractivity (Wildman–Crippen MR) is 194 cm³/mol. The minimum Gasteiger partial charge on any atom is -0.493 e. The summed E-state index contributed by atoms with van der Waals surface area (Å²) in [4.78, 5) is 73.8. The monoisotopic (exact) mass is 782 g/mol. The molecule has 0 radical (unpaired) electrons. The van der Waals surface area contributed by atoms with Crippen LogP contribution in [0.15, 0.2) is 36.8 Å². The van der Waals surface area contributed by atoms with Crippen LogP contribution in [0.2, 0.25) is 0 Å². The van der Waals surface area contributed by atoms with Gasteiger partial charge in [0.1, 0.15) is 37.1 Å². The van der Waals surface area contributed by atoms with Crippen LogP contribution in [-0.4, -0.2) is 167 Å². The van der Waals surface area contributed by atoms with Crippen molar-refractivity contribution in [1.82, 2.24) is 29.2 Å². The Labute approximate surface area is 322 Å². The van der Waals surface area contributed by atoms with Crippen molar-refractivity contribution in [1.29, 1.82) is 0 Å². The highest BCUT2D eigenvalue weighted by Gasteiger charge is 2.39. The summed E-state index contributed by atoms with van der Waals surface area (Å²) >= 11 is 0. The Hall–Kier alpha value is -5.84. The van der Waals surface area contributed by atoms with Crippen molar-refractivity contribution in [2.24, 2.45) is 5.92 Å². The normalized spacial score (nSPS) is 21.7. The summed E-state index contributed by atoms with van der Waals surface area (Å²) in [5.41, 5.74) is 1.00. The molecular weight excluding hydrogens is 736 g/mol. The molecule has 2 aliphatic rings. The van der Waals surface area contributed by atoms with Crippen LogP contribution >= 0.6 is 0 Å². The van der Waals surface area contributed by atoms with Crippen molar-refractivity contribution in [3.05, 3.63) is 53.8 Å². The third-order valence-corrected chi connectivity index (χ3v) is 9.68. The van der Waals surface area contributed by atoms with E-state index >= 15 is 0 Å². The summed E-state index contributed by atoms with van der Waals surface area (Å²) in [5.74, 6) is 1.18. The highest BCUT2D eigenvalue weighted by molar-refractivity contribution is 5.95. The topological polar surface area (TPSA) is 231 Å². The number of amides is 3. The van der Waals surface area contributed by atoms with Gasteiger partial charge in [-0.2, -0.15) is 9.59 Å². The molecule has 20 nitrogen and oxygen atoms in total. The van der Waals surface area contributed by atoms with E-state index in [1.54, 1.807) is 49.5 Å². The quantitative estimate of drug-likeness (QED) is 0.224. The summed E-state index contributed by atoms with van der Waals surface area (Å²) in [6.07, 6.45) is -1.92. The number of nitrogens with zero attached hydrogens (tertiary/aromatic N) is 8. The molecule has 0 saturated carbocycles. The van der Waals surface area contributed by atoms with Crippen molar-refractivity contribution >= 4 is 41.0 Å². The number of carbonyl (C=O) groups excluding carboxylic acids is 5. The van der Waals surface area contributed by atoms with Crippen LogP contribution in [0.3, 0.4) is 0 Å². The fourth-order valence-electron chi connectivity index (χ4n) is 6.31. The molecule has 2 saturated heterocycles. The van der Waals surface area contributed by atoms with E-state index in [9.17, 15) is 29.7 Å².